The molecule has 0 radical (unpaired) electrons. The number of nitrogen functional groups attached to an aromatic ring is 1. The molecule has 0 saturated carbocycles. The maximum Gasteiger partial charge on any atom is 0.387 e. The van der Waals surface area contributed by atoms with E-state index < -0.39 is 12.3 Å². The van der Waals surface area contributed by atoms with Crippen molar-refractivity contribution < 1.29 is 23.0 Å². The lowest BCUT2D eigenvalue weighted by molar-refractivity contribution is -0.126. The van der Waals surface area contributed by atoms with Crippen LogP contribution in [-0.4, -0.2) is 60.7 Å². The lowest BCUT2D eigenvalue weighted by Crippen LogP contribution is -2.48. The number of carbonyl (C=O) groups is 1. The fourth-order valence-corrected chi connectivity index (χ4v) is 3.07. The lowest BCUT2D eigenvalue weighted by atomic mass is 10.2. The molecule has 30 heavy (non-hydrogen) atoms. The summed E-state index contributed by atoms with van der Waals surface area (Å²) in [6.45, 7) is -0.961. The molecule has 0 bridgehead atoms. The Balaban J connectivity index is 1.60. The lowest BCUT2D eigenvalue weighted by Gasteiger charge is -2.35. The average molecular weight is 421 g/mol. The van der Waals surface area contributed by atoms with Crippen LogP contribution in [0.1, 0.15) is 5.56 Å². The molecule has 1 aliphatic rings. The molecule has 160 valence electrons. The number of alkyl halides is 2. The Bertz CT molecular complexity index is 987. The molecule has 2 heterocycles. The summed E-state index contributed by atoms with van der Waals surface area (Å²) in [6.07, 6.45) is 4.40. The normalized spacial score (nSPS) is 14.4. The molecule has 11 heteroatoms. The molecule has 1 saturated heterocycles. The predicted molar refractivity (Wildman–Crippen MR) is 107 cm³/mol. The largest absolute Gasteiger partial charge is 0.493 e. The van der Waals surface area contributed by atoms with Crippen molar-refractivity contribution in [2.24, 2.45) is 0 Å². The molecule has 3 N–H and O–H groups in total. The highest BCUT2D eigenvalue weighted by atomic mass is 19.3. The first-order valence-electron chi connectivity index (χ1n) is 9.07. The average Bonchev–Trinajstić information content (AvgIpc) is 2.72. The van der Waals surface area contributed by atoms with E-state index in [0.717, 1.165) is 0 Å². The molecule has 0 spiro atoms. The summed E-state index contributed by atoms with van der Waals surface area (Å²) in [4.78, 5) is 33.4. The zero-order valence-corrected chi connectivity index (χ0v) is 16.2. The van der Waals surface area contributed by atoms with E-state index in [1.54, 1.807) is 17.0 Å². The Morgan fingerprint density at radius 2 is 2.00 bits per heavy atom. The van der Waals surface area contributed by atoms with Crippen molar-refractivity contribution in [3.8, 4) is 11.5 Å². The molecule has 1 aromatic heterocycles. The number of amides is 1. The number of ether oxygens (including phenoxy) is 2. The number of nitrogens with one attached hydrogen (secondary N) is 1. The number of anilines is 2. The highest BCUT2D eigenvalue weighted by Crippen LogP contribution is 2.30. The van der Waals surface area contributed by atoms with E-state index in [-0.39, 0.29) is 23.2 Å². The van der Waals surface area contributed by atoms with Crippen LogP contribution in [0, 0.1) is 0 Å². The van der Waals surface area contributed by atoms with Crippen LogP contribution in [0.3, 0.4) is 0 Å². The number of aromatic nitrogens is 2. The van der Waals surface area contributed by atoms with E-state index in [1.165, 1.54) is 31.5 Å². The van der Waals surface area contributed by atoms with Gasteiger partial charge in [0.15, 0.2) is 11.5 Å². The minimum atomic E-state index is -2.96. The number of piperazine rings is 1. The number of nitrogens with zero attached hydrogens (tertiary/aromatic N) is 3. The van der Waals surface area contributed by atoms with Gasteiger partial charge in [-0.25, -0.2) is 4.79 Å². The first kappa shape index (κ1) is 21.1. The molecule has 0 atom stereocenters. The number of nitrogens with two attached hydrogens (primary N) is 1. The van der Waals surface area contributed by atoms with Crippen molar-refractivity contribution in [1.29, 1.82) is 0 Å². The van der Waals surface area contributed by atoms with Gasteiger partial charge in [0.25, 0.3) is 0 Å². The minimum absolute atomic E-state index is 0.0804. The van der Waals surface area contributed by atoms with E-state index in [2.05, 4.69) is 14.7 Å². The number of H-pyrrole nitrogens is 1. The van der Waals surface area contributed by atoms with Crippen molar-refractivity contribution in [3.05, 3.63) is 46.5 Å². The van der Waals surface area contributed by atoms with Gasteiger partial charge in [0.1, 0.15) is 5.82 Å². The maximum absolute atomic E-state index is 12.5. The number of carbonyl (C=O) groups excluding carboxylic acids is 1. The fourth-order valence-electron chi connectivity index (χ4n) is 3.07. The SMILES string of the molecule is COc1cc(C=CC(=O)N2CCN(c3cnc(=O)[nH]c3N)CC2)ccc1OC(F)F. The summed E-state index contributed by atoms with van der Waals surface area (Å²) in [5.41, 5.74) is 6.54. The third-order valence-electron chi connectivity index (χ3n) is 4.58. The molecule has 0 aliphatic carbocycles. The Morgan fingerprint density at radius 3 is 2.63 bits per heavy atom. The summed E-state index contributed by atoms with van der Waals surface area (Å²) in [7, 11) is 1.34. The van der Waals surface area contributed by atoms with Gasteiger partial charge < -0.3 is 25.0 Å². The van der Waals surface area contributed by atoms with Crippen LogP contribution >= 0.6 is 0 Å². The smallest absolute Gasteiger partial charge is 0.387 e. The van der Waals surface area contributed by atoms with Gasteiger partial charge in [-0.3, -0.25) is 9.78 Å². The Hall–Kier alpha value is -3.63. The van der Waals surface area contributed by atoms with E-state index in [4.69, 9.17) is 10.5 Å². The van der Waals surface area contributed by atoms with E-state index in [1.807, 2.05) is 4.90 Å². The zero-order valence-electron chi connectivity index (χ0n) is 16.2. The summed E-state index contributed by atoms with van der Waals surface area (Å²) in [5, 5.41) is 0. The van der Waals surface area contributed by atoms with Crippen LogP contribution in [0.5, 0.6) is 11.5 Å². The first-order valence-corrected chi connectivity index (χ1v) is 9.07. The van der Waals surface area contributed by atoms with Crippen LogP contribution in [0.15, 0.2) is 35.3 Å². The topological polar surface area (TPSA) is 114 Å². The monoisotopic (exact) mass is 421 g/mol. The number of halogens is 2. The number of rotatable bonds is 6. The molecule has 1 aromatic carbocycles. The fraction of sp³-hybridized carbons (Fsp3) is 0.316. The second-order valence-corrected chi connectivity index (χ2v) is 6.42. The van der Waals surface area contributed by atoms with Gasteiger partial charge in [-0.15, -0.1) is 0 Å². The third kappa shape index (κ3) is 5.04. The number of aromatic amines is 1. The molecule has 1 amide bonds. The molecule has 2 aromatic rings. The van der Waals surface area contributed by atoms with Gasteiger partial charge in [0.05, 0.1) is 19.0 Å². The first-order chi connectivity index (χ1) is 14.4. The summed E-state index contributed by atoms with van der Waals surface area (Å²) in [6, 6.07) is 4.41. The highest BCUT2D eigenvalue weighted by Gasteiger charge is 2.21. The Kier molecular flexibility index (Phi) is 6.50. The van der Waals surface area contributed by atoms with Gasteiger partial charge in [-0.05, 0) is 23.8 Å². The van der Waals surface area contributed by atoms with Crippen molar-refractivity contribution in [2.45, 2.75) is 6.61 Å². The highest BCUT2D eigenvalue weighted by molar-refractivity contribution is 5.92. The van der Waals surface area contributed by atoms with Crippen molar-refractivity contribution in [1.82, 2.24) is 14.9 Å². The van der Waals surface area contributed by atoms with Gasteiger partial charge in [-0.2, -0.15) is 13.8 Å². The zero-order chi connectivity index (χ0) is 21.7. The van der Waals surface area contributed by atoms with Crippen LogP contribution in [-0.2, 0) is 4.79 Å². The standard InChI is InChI=1S/C19H21F2N5O4/c1-29-15-10-12(2-4-14(15)30-18(20)21)3-5-16(27)26-8-6-25(7-9-26)13-11-23-19(28)24-17(13)22/h2-5,10-11,18H,6-9H2,1H3,(H3,22,23,24,28). The van der Waals surface area contributed by atoms with Gasteiger partial charge in [0, 0.05) is 32.3 Å². The summed E-state index contributed by atoms with van der Waals surface area (Å²) < 4.78 is 34.2. The second kappa shape index (κ2) is 9.25. The van der Waals surface area contributed by atoms with Crippen LogP contribution < -0.4 is 25.8 Å². The number of benzene rings is 1. The molecule has 1 aliphatic heterocycles. The van der Waals surface area contributed by atoms with Crippen molar-refractivity contribution >= 4 is 23.5 Å². The van der Waals surface area contributed by atoms with E-state index >= 15 is 0 Å². The summed E-state index contributed by atoms with van der Waals surface area (Å²) >= 11 is 0. The quantitative estimate of drug-likeness (QED) is 0.677. The Labute approximate surface area is 170 Å². The van der Waals surface area contributed by atoms with Crippen LogP contribution in [0.4, 0.5) is 20.3 Å². The Morgan fingerprint density at radius 1 is 1.27 bits per heavy atom. The van der Waals surface area contributed by atoms with Gasteiger partial charge in [-0.1, -0.05) is 6.07 Å². The summed E-state index contributed by atoms with van der Waals surface area (Å²) in [5.74, 6) is 0.116. The van der Waals surface area contributed by atoms with Crippen LogP contribution in [0.25, 0.3) is 6.08 Å². The molecule has 0 unspecified atom stereocenters. The predicted octanol–water partition coefficient (Wildman–Crippen LogP) is 1.32. The molecular weight excluding hydrogens is 400 g/mol. The molecule has 1 fully saturated rings. The molecule has 3 rings (SSSR count). The maximum atomic E-state index is 12.5. The number of hydrogen-bond acceptors (Lipinski definition) is 7. The van der Waals surface area contributed by atoms with Gasteiger partial charge in [0.2, 0.25) is 5.91 Å². The van der Waals surface area contributed by atoms with E-state index in [9.17, 15) is 18.4 Å². The van der Waals surface area contributed by atoms with Crippen molar-refractivity contribution in [3.63, 3.8) is 0 Å². The van der Waals surface area contributed by atoms with Gasteiger partial charge >= 0.3 is 12.3 Å². The second-order valence-electron chi connectivity index (χ2n) is 6.42. The minimum Gasteiger partial charge on any atom is -0.493 e. The molecular formula is C19H21F2N5O4. The number of methoxy groups -OCH3 is 1. The van der Waals surface area contributed by atoms with Crippen molar-refractivity contribution in [2.75, 3.05) is 43.9 Å². The third-order valence-corrected chi connectivity index (χ3v) is 4.58. The molecule has 9 nitrogen and oxygen atoms in total. The van der Waals surface area contributed by atoms with Crippen LogP contribution in [0.2, 0.25) is 0 Å². The van der Waals surface area contributed by atoms with E-state index in [0.29, 0.717) is 37.4 Å². The number of hydrogen-bond donors (Lipinski definition) is 2.